The van der Waals surface area contributed by atoms with Crippen molar-refractivity contribution in [1.29, 1.82) is 0 Å². The number of nitrogens with two attached hydrogens (primary N) is 1. The molecule has 5 nitrogen and oxygen atoms in total. The minimum atomic E-state index is -0.556. The molecule has 0 aromatic carbocycles. The molecule has 0 aliphatic carbocycles. The summed E-state index contributed by atoms with van der Waals surface area (Å²) in [5.74, 6) is 2.21. The van der Waals surface area contributed by atoms with Crippen LogP contribution < -0.4 is 5.73 Å². The third-order valence-corrected chi connectivity index (χ3v) is 3.81. The molecule has 15 heavy (non-hydrogen) atoms. The van der Waals surface area contributed by atoms with E-state index in [1.165, 1.54) is 12.8 Å². The van der Waals surface area contributed by atoms with Gasteiger partial charge in [-0.25, -0.2) is 0 Å². The van der Waals surface area contributed by atoms with Gasteiger partial charge >= 0.3 is 0 Å². The second kappa shape index (κ2) is 4.96. The predicted octanol–water partition coefficient (Wildman–Crippen LogP) is 1.02. The normalized spacial score (nSPS) is 24.0. The maximum absolute atomic E-state index is 8.85. The van der Waals surface area contributed by atoms with Gasteiger partial charge in [0.2, 0.25) is 5.89 Å². The molecule has 0 spiro atoms. The minimum Gasteiger partial charge on any atom is -0.394 e. The highest BCUT2D eigenvalue weighted by Crippen LogP contribution is 2.36. The lowest BCUT2D eigenvalue weighted by Gasteiger charge is -2.17. The highest BCUT2D eigenvalue weighted by Gasteiger charge is 2.22. The lowest BCUT2D eigenvalue weighted by molar-refractivity contribution is 0.236. The summed E-state index contributed by atoms with van der Waals surface area (Å²) < 4.78 is 5.01. The van der Waals surface area contributed by atoms with Crippen molar-refractivity contribution in [2.24, 2.45) is 5.73 Å². The lowest BCUT2D eigenvalue weighted by atomic mass is 10.2. The summed E-state index contributed by atoms with van der Waals surface area (Å²) in [5, 5.41) is 13.1. The molecule has 1 aliphatic rings. The standard InChI is InChI=1S/C9H15N3O2S/c10-6(5-13)9-11-8(12-14-9)7-3-1-2-4-15-7/h6-7,13H,1-5,10H2/t6-,7?/m0/s1. The number of rotatable bonds is 3. The summed E-state index contributed by atoms with van der Waals surface area (Å²) in [5.41, 5.74) is 5.58. The second-order valence-corrected chi connectivity index (χ2v) is 4.95. The summed E-state index contributed by atoms with van der Waals surface area (Å²) in [6.45, 7) is -0.167. The van der Waals surface area contributed by atoms with Gasteiger partial charge in [-0.2, -0.15) is 16.7 Å². The first-order valence-corrected chi connectivity index (χ1v) is 6.17. The molecule has 2 rings (SSSR count). The molecule has 6 heteroatoms. The van der Waals surface area contributed by atoms with E-state index in [1.807, 2.05) is 11.8 Å². The summed E-state index contributed by atoms with van der Waals surface area (Å²) in [6.07, 6.45) is 3.58. The van der Waals surface area contributed by atoms with Gasteiger partial charge in [0.15, 0.2) is 5.82 Å². The Morgan fingerprint density at radius 2 is 2.47 bits per heavy atom. The third-order valence-electron chi connectivity index (χ3n) is 2.44. The summed E-state index contributed by atoms with van der Waals surface area (Å²) in [4.78, 5) is 4.22. The molecular weight excluding hydrogens is 214 g/mol. The van der Waals surface area contributed by atoms with E-state index in [-0.39, 0.29) is 6.61 Å². The fraction of sp³-hybridized carbons (Fsp3) is 0.778. The van der Waals surface area contributed by atoms with Gasteiger partial charge in [0.1, 0.15) is 6.04 Å². The number of aliphatic hydroxyl groups is 1. The smallest absolute Gasteiger partial charge is 0.245 e. The van der Waals surface area contributed by atoms with Gasteiger partial charge in [-0.15, -0.1) is 0 Å². The lowest BCUT2D eigenvalue weighted by Crippen LogP contribution is -2.15. The van der Waals surface area contributed by atoms with Crippen molar-refractivity contribution in [3.63, 3.8) is 0 Å². The van der Waals surface area contributed by atoms with Crippen LogP contribution in [0.15, 0.2) is 4.52 Å². The molecule has 2 atom stereocenters. The van der Waals surface area contributed by atoms with Gasteiger partial charge in [0.25, 0.3) is 0 Å². The molecular formula is C9H15N3O2S. The molecule has 1 aliphatic heterocycles. The zero-order valence-corrected chi connectivity index (χ0v) is 9.24. The van der Waals surface area contributed by atoms with Crippen LogP contribution in [0.1, 0.15) is 42.3 Å². The Kier molecular flexibility index (Phi) is 3.61. The average Bonchev–Trinajstić information content (AvgIpc) is 2.78. The average molecular weight is 229 g/mol. The fourth-order valence-corrected chi connectivity index (χ4v) is 2.78. The van der Waals surface area contributed by atoms with Crippen molar-refractivity contribution in [1.82, 2.24) is 10.1 Å². The number of thioether (sulfide) groups is 1. The number of hydrogen-bond acceptors (Lipinski definition) is 6. The summed E-state index contributed by atoms with van der Waals surface area (Å²) >= 11 is 1.86. The van der Waals surface area contributed by atoms with Crippen LogP contribution >= 0.6 is 11.8 Å². The zero-order chi connectivity index (χ0) is 10.7. The highest BCUT2D eigenvalue weighted by atomic mass is 32.2. The van der Waals surface area contributed by atoms with E-state index < -0.39 is 6.04 Å². The Morgan fingerprint density at radius 1 is 1.60 bits per heavy atom. The number of nitrogens with zero attached hydrogens (tertiary/aromatic N) is 2. The second-order valence-electron chi connectivity index (χ2n) is 3.64. The summed E-state index contributed by atoms with van der Waals surface area (Å²) in [7, 11) is 0. The van der Waals surface area contributed by atoms with Crippen LogP contribution in [0.3, 0.4) is 0 Å². The number of aromatic nitrogens is 2. The minimum absolute atomic E-state index is 0.167. The van der Waals surface area contributed by atoms with E-state index in [0.29, 0.717) is 11.1 Å². The topological polar surface area (TPSA) is 85.2 Å². The molecule has 1 saturated heterocycles. The van der Waals surface area contributed by atoms with E-state index in [4.69, 9.17) is 15.4 Å². The van der Waals surface area contributed by atoms with Crippen molar-refractivity contribution in [2.75, 3.05) is 12.4 Å². The molecule has 1 aromatic heterocycles. The van der Waals surface area contributed by atoms with Crippen molar-refractivity contribution < 1.29 is 9.63 Å². The Morgan fingerprint density at radius 3 is 3.13 bits per heavy atom. The predicted molar refractivity (Wildman–Crippen MR) is 57.4 cm³/mol. The third kappa shape index (κ3) is 2.50. The Balaban J connectivity index is 2.05. The Labute approximate surface area is 92.4 Å². The SMILES string of the molecule is N[C@@H](CO)c1nc(C2CCCCS2)no1. The molecule has 3 N–H and O–H groups in total. The largest absolute Gasteiger partial charge is 0.394 e. The van der Waals surface area contributed by atoms with Gasteiger partial charge < -0.3 is 15.4 Å². The van der Waals surface area contributed by atoms with Crippen molar-refractivity contribution >= 4 is 11.8 Å². The molecule has 2 heterocycles. The van der Waals surface area contributed by atoms with Crippen LogP contribution in [0, 0.1) is 0 Å². The van der Waals surface area contributed by atoms with E-state index in [0.717, 1.165) is 18.0 Å². The van der Waals surface area contributed by atoms with Crippen LogP contribution in [-0.4, -0.2) is 27.6 Å². The molecule has 0 amide bonds. The van der Waals surface area contributed by atoms with Crippen LogP contribution in [0.2, 0.25) is 0 Å². The molecule has 1 aromatic rings. The van der Waals surface area contributed by atoms with Crippen molar-refractivity contribution in [3.8, 4) is 0 Å². The first kappa shape index (κ1) is 10.9. The molecule has 0 bridgehead atoms. The maximum Gasteiger partial charge on any atom is 0.245 e. The van der Waals surface area contributed by atoms with Crippen molar-refractivity contribution in [2.45, 2.75) is 30.6 Å². The van der Waals surface area contributed by atoms with Gasteiger partial charge in [-0.3, -0.25) is 0 Å². The molecule has 1 fully saturated rings. The molecule has 1 unspecified atom stereocenters. The maximum atomic E-state index is 8.85. The Bertz CT molecular complexity index is 312. The quantitative estimate of drug-likeness (QED) is 0.805. The van der Waals surface area contributed by atoms with Crippen LogP contribution in [0.5, 0.6) is 0 Å². The number of aliphatic hydroxyl groups excluding tert-OH is 1. The van der Waals surface area contributed by atoms with Gasteiger partial charge in [0.05, 0.1) is 11.9 Å². The Hall–Kier alpha value is -0.590. The van der Waals surface area contributed by atoms with E-state index in [9.17, 15) is 0 Å². The zero-order valence-electron chi connectivity index (χ0n) is 8.43. The van der Waals surface area contributed by atoms with Crippen LogP contribution in [0.25, 0.3) is 0 Å². The molecule has 0 saturated carbocycles. The fourth-order valence-electron chi connectivity index (χ4n) is 1.55. The first-order chi connectivity index (χ1) is 7.31. The number of hydrogen-bond donors (Lipinski definition) is 2. The molecule has 84 valence electrons. The van der Waals surface area contributed by atoms with Gasteiger partial charge in [-0.1, -0.05) is 11.6 Å². The summed E-state index contributed by atoms with van der Waals surface area (Å²) in [6, 6.07) is -0.556. The van der Waals surface area contributed by atoms with E-state index in [2.05, 4.69) is 10.1 Å². The van der Waals surface area contributed by atoms with Gasteiger partial charge in [0, 0.05) is 0 Å². The van der Waals surface area contributed by atoms with E-state index >= 15 is 0 Å². The molecule has 0 radical (unpaired) electrons. The van der Waals surface area contributed by atoms with Gasteiger partial charge in [-0.05, 0) is 18.6 Å². The van der Waals surface area contributed by atoms with E-state index in [1.54, 1.807) is 0 Å². The monoisotopic (exact) mass is 229 g/mol. The van der Waals surface area contributed by atoms with Crippen molar-refractivity contribution in [3.05, 3.63) is 11.7 Å². The van der Waals surface area contributed by atoms with Crippen LogP contribution in [0.4, 0.5) is 0 Å². The highest BCUT2D eigenvalue weighted by molar-refractivity contribution is 7.99. The first-order valence-electron chi connectivity index (χ1n) is 5.13. The van der Waals surface area contributed by atoms with Crippen LogP contribution in [-0.2, 0) is 0 Å².